The average molecular weight is 353 g/mol. The Morgan fingerprint density at radius 2 is 2.14 bits per heavy atom. The van der Waals surface area contributed by atoms with E-state index in [1.54, 1.807) is 12.1 Å². The standard InChI is InChI=1S/C13H18Cl2N2O3S/c1-21(18,19)17-8-10-7-16-4-5-20-13(10)9-2-3-11(14)12(15)6-9/h2-3,6,10,13,16-17H,4-5,7-8H2,1H3. The van der Waals surface area contributed by atoms with E-state index in [1.165, 1.54) is 0 Å². The molecule has 1 aromatic rings. The maximum absolute atomic E-state index is 11.3. The number of hydrogen-bond donors (Lipinski definition) is 2. The van der Waals surface area contributed by atoms with Crippen LogP contribution in [0.5, 0.6) is 0 Å². The number of benzene rings is 1. The number of halogens is 2. The van der Waals surface area contributed by atoms with Crippen LogP contribution in [-0.2, 0) is 14.8 Å². The third-order valence-corrected chi connectivity index (χ3v) is 4.72. The molecule has 0 spiro atoms. The lowest BCUT2D eigenvalue weighted by Gasteiger charge is -2.25. The van der Waals surface area contributed by atoms with E-state index in [1.807, 2.05) is 6.07 Å². The molecule has 2 unspecified atom stereocenters. The lowest BCUT2D eigenvalue weighted by Crippen LogP contribution is -2.36. The topological polar surface area (TPSA) is 67.4 Å². The third-order valence-electron chi connectivity index (χ3n) is 3.29. The Hall–Kier alpha value is -0.370. The van der Waals surface area contributed by atoms with E-state index in [2.05, 4.69) is 10.0 Å². The first kappa shape index (κ1) is 17.0. The van der Waals surface area contributed by atoms with Crippen LogP contribution >= 0.6 is 23.2 Å². The molecular weight excluding hydrogens is 335 g/mol. The molecular formula is C13H18Cl2N2O3S. The third kappa shape index (κ3) is 5.09. The minimum Gasteiger partial charge on any atom is -0.372 e. The van der Waals surface area contributed by atoms with Gasteiger partial charge in [0.1, 0.15) is 0 Å². The fraction of sp³-hybridized carbons (Fsp3) is 0.538. The van der Waals surface area contributed by atoms with Crippen molar-refractivity contribution >= 4 is 33.2 Å². The van der Waals surface area contributed by atoms with Crippen molar-refractivity contribution in [2.24, 2.45) is 5.92 Å². The van der Waals surface area contributed by atoms with Gasteiger partial charge in [-0.2, -0.15) is 0 Å². The first-order chi connectivity index (χ1) is 9.87. The molecule has 2 N–H and O–H groups in total. The molecule has 118 valence electrons. The molecule has 1 aromatic carbocycles. The number of nitrogens with one attached hydrogen (secondary N) is 2. The molecule has 8 heteroatoms. The van der Waals surface area contributed by atoms with E-state index >= 15 is 0 Å². The summed E-state index contributed by atoms with van der Waals surface area (Å²) < 4.78 is 31.0. The molecule has 1 aliphatic heterocycles. The lowest BCUT2D eigenvalue weighted by molar-refractivity contribution is 0.0322. The van der Waals surface area contributed by atoms with Gasteiger partial charge in [-0.15, -0.1) is 0 Å². The number of rotatable bonds is 4. The molecule has 1 saturated heterocycles. The Bertz CT molecular complexity index is 595. The van der Waals surface area contributed by atoms with Crippen molar-refractivity contribution in [2.75, 3.05) is 32.5 Å². The van der Waals surface area contributed by atoms with Crippen molar-refractivity contribution in [2.45, 2.75) is 6.10 Å². The van der Waals surface area contributed by atoms with Gasteiger partial charge in [-0.05, 0) is 17.7 Å². The highest BCUT2D eigenvalue weighted by Crippen LogP contribution is 2.31. The summed E-state index contributed by atoms with van der Waals surface area (Å²) in [5, 5.41) is 4.19. The summed E-state index contributed by atoms with van der Waals surface area (Å²) in [6.45, 7) is 2.25. The Morgan fingerprint density at radius 3 is 2.81 bits per heavy atom. The first-order valence-corrected chi connectivity index (χ1v) is 9.23. The molecule has 5 nitrogen and oxygen atoms in total. The SMILES string of the molecule is CS(=O)(=O)NCC1CNCCOC1c1ccc(Cl)c(Cl)c1. The van der Waals surface area contributed by atoms with Gasteiger partial charge in [-0.3, -0.25) is 0 Å². The minimum atomic E-state index is -3.24. The van der Waals surface area contributed by atoms with Crippen molar-refractivity contribution in [3.8, 4) is 0 Å². The maximum Gasteiger partial charge on any atom is 0.208 e. The van der Waals surface area contributed by atoms with Gasteiger partial charge < -0.3 is 10.1 Å². The molecule has 0 saturated carbocycles. The molecule has 2 atom stereocenters. The summed E-state index contributed by atoms with van der Waals surface area (Å²) in [5.41, 5.74) is 0.897. The van der Waals surface area contributed by atoms with Crippen LogP contribution in [0.3, 0.4) is 0 Å². The van der Waals surface area contributed by atoms with E-state index in [0.717, 1.165) is 18.4 Å². The molecule has 2 rings (SSSR count). The second-order valence-electron chi connectivity index (χ2n) is 5.05. The quantitative estimate of drug-likeness (QED) is 0.867. The summed E-state index contributed by atoms with van der Waals surface area (Å²) in [6.07, 6.45) is 0.913. The van der Waals surface area contributed by atoms with Crippen molar-refractivity contribution < 1.29 is 13.2 Å². The van der Waals surface area contributed by atoms with Crippen molar-refractivity contribution in [1.29, 1.82) is 0 Å². The Kier molecular flexibility index (Phi) is 5.88. The Morgan fingerprint density at radius 1 is 1.38 bits per heavy atom. The minimum absolute atomic E-state index is 0.0283. The number of sulfonamides is 1. The predicted octanol–water partition coefficient (Wildman–Crippen LogP) is 1.82. The van der Waals surface area contributed by atoms with E-state index in [4.69, 9.17) is 27.9 Å². The number of ether oxygens (including phenoxy) is 1. The van der Waals surface area contributed by atoms with Gasteiger partial charge in [0.15, 0.2) is 0 Å². The second kappa shape index (κ2) is 7.26. The van der Waals surface area contributed by atoms with Crippen LogP contribution < -0.4 is 10.0 Å². The zero-order valence-corrected chi connectivity index (χ0v) is 13.9. The van der Waals surface area contributed by atoms with Crippen LogP contribution in [0.25, 0.3) is 0 Å². The molecule has 0 amide bonds. The normalized spacial score (nSPS) is 23.8. The van der Waals surface area contributed by atoms with Crippen LogP contribution in [-0.4, -0.2) is 40.9 Å². The predicted molar refractivity (Wildman–Crippen MR) is 84.4 cm³/mol. The molecule has 1 aliphatic rings. The Labute approximate surface area is 135 Å². The summed E-state index contributed by atoms with van der Waals surface area (Å²) >= 11 is 12.0. The van der Waals surface area contributed by atoms with Crippen LogP contribution in [0.4, 0.5) is 0 Å². The maximum atomic E-state index is 11.3. The van der Waals surface area contributed by atoms with Crippen LogP contribution in [0.15, 0.2) is 18.2 Å². The smallest absolute Gasteiger partial charge is 0.208 e. The average Bonchev–Trinajstić information content (AvgIpc) is 2.64. The van der Waals surface area contributed by atoms with E-state index in [9.17, 15) is 8.42 Å². The van der Waals surface area contributed by atoms with Crippen molar-refractivity contribution in [3.05, 3.63) is 33.8 Å². The molecule has 1 heterocycles. The summed E-state index contributed by atoms with van der Waals surface area (Å²) in [7, 11) is -3.24. The highest BCUT2D eigenvalue weighted by atomic mass is 35.5. The van der Waals surface area contributed by atoms with Gasteiger partial charge in [0, 0.05) is 25.6 Å². The van der Waals surface area contributed by atoms with Gasteiger partial charge in [0.05, 0.1) is 29.0 Å². The fourth-order valence-corrected chi connectivity index (χ4v) is 3.11. The van der Waals surface area contributed by atoms with E-state index < -0.39 is 10.0 Å². The van der Waals surface area contributed by atoms with E-state index in [0.29, 0.717) is 29.7 Å². The van der Waals surface area contributed by atoms with Gasteiger partial charge in [0.2, 0.25) is 10.0 Å². The molecule has 0 radical (unpaired) electrons. The lowest BCUT2D eigenvalue weighted by atomic mass is 9.95. The monoisotopic (exact) mass is 352 g/mol. The Balaban J connectivity index is 2.20. The molecule has 0 aliphatic carbocycles. The van der Waals surface area contributed by atoms with Crippen molar-refractivity contribution in [1.82, 2.24) is 10.0 Å². The zero-order chi connectivity index (χ0) is 15.5. The summed E-state index contributed by atoms with van der Waals surface area (Å²) in [6, 6.07) is 5.35. The zero-order valence-electron chi connectivity index (χ0n) is 11.6. The number of hydrogen-bond acceptors (Lipinski definition) is 4. The van der Waals surface area contributed by atoms with E-state index in [-0.39, 0.29) is 12.0 Å². The van der Waals surface area contributed by atoms with Crippen LogP contribution in [0.1, 0.15) is 11.7 Å². The van der Waals surface area contributed by atoms with Gasteiger partial charge in [0.25, 0.3) is 0 Å². The molecule has 0 aromatic heterocycles. The highest BCUT2D eigenvalue weighted by molar-refractivity contribution is 7.88. The van der Waals surface area contributed by atoms with Crippen molar-refractivity contribution in [3.63, 3.8) is 0 Å². The van der Waals surface area contributed by atoms with Crippen LogP contribution in [0, 0.1) is 5.92 Å². The van der Waals surface area contributed by atoms with Gasteiger partial charge >= 0.3 is 0 Å². The molecule has 0 bridgehead atoms. The van der Waals surface area contributed by atoms with Gasteiger partial charge in [-0.1, -0.05) is 29.3 Å². The molecule has 21 heavy (non-hydrogen) atoms. The fourth-order valence-electron chi connectivity index (χ4n) is 2.28. The second-order valence-corrected chi connectivity index (χ2v) is 7.70. The molecule has 1 fully saturated rings. The van der Waals surface area contributed by atoms with Gasteiger partial charge in [-0.25, -0.2) is 13.1 Å². The summed E-state index contributed by atoms with van der Waals surface area (Å²) in [4.78, 5) is 0. The largest absolute Gasteiger partial charge is 0.372 e. The summed E-state index contributed by atoms with van der Waals surface area (Å²) in [5.74, 6) is -0.0283. The highest BCUT2D eigenvalue weighted by Gasteiger charge is 2.27. The first-order valence-electron chi connectivity index (χ1n) is 6.59. The van der Waals surface area contributed by atoms with Crippen LogP contribution in [0.2, 0.25) is 10.0 Å².